The van der Waals surface area contributed by atoms with E-state index in [0.717, 1.165) is 23.7 Å². The predicted octanol–water partition coefficient (Wildman–Crippen LogP) is 3.20. The molecular formula is C16H22N4O. The summed E-state index contributed by atoms with van der Waals surface area (Å²) in [6.45, 7) is 7.45. The Morgan fingerprint density at radius 3 is 2.67 bits per heavy atom. The summed E-state index contributed by atoms with van der Waals surface area (Å²) in [7, 11) is 1.68. The number of aromatic nitrogens is 2. The summed E-state index contributed by atoms with van der Waals surface area (Å²) in [5.74, 6) is 1.40. The third kappa shape index (κ3) is 4.43. The number of nitrogens with zero attached hydrogens (tertiary/aromatic N) is 2. The Morgan fingerprint density at radius 2 is 1.90 bits per heavy atom. The molecule has 1 aromatic heterocycles. The van der Waals surface area contributed by atoms with Gasteiger partial charge in [-0.2, -0.15) is 4.98 Å². The molecule has 0 saturated carbocycles. The molecule has 5 nitrogen and oxygen atoms in total. The lowest BCUT2D eigenvalue weighted by Gasteiger charge is -2.12. The largest absolute Gasteiger partial charge is 0.383 e. The van der Waals surface area contributed by atoms with Gasteiger partial charge in [0.2, 0.25) is 5.95 Å². The third-order valence-corrected chi connectivity index (χ3v) is 3.11. The first-order valence-electron chi connectivity index (χ1n) is 7.01. The van der Waals surface area contributed by atoms with Crippen molar-refractivity contribution >= 4 is 17.5 Å². The van der Waals surface area contributed by atoms with Gasteiger partial charge >= 0.3 is 0 Å². The fraction of sp³-hybridized carbons (Fsp3) is 0.375. The molecule has 5 heteroatoms. The summed E-state index contributed by atoms with van der Waals surface area (Å²) in [6.07, 6.45) is 0. The molecule has 0 radical (unpaired) electrons. The van der Waals surface area contributed by atoms with Crippen LogP contribution < -0.4 is 10.6 Å². The zero-order valence-corrected chi connectivity index (χ0v) is 13.0. The lowest BCUT2D eigenvalue weighted by molar-refractivity contribution is 0.210. The molecule has 0 unspecified atom stereocenters. The lowest BCUT2D eigenvalue weighted by atomic mass is 10.1. The molecule has 1 aromatic carbocycles. The van der Waals surface area contributed by atoms with Crippen LogP contribution in [0.5, 0.6) is 0 Å². The molecule has 0 spiro atoms. The first kappa shape index (κ1) is 15.3. The standard InChI is InChI=1S/C16H22N4O/c1-11-5-6-12(2)14(9-11)19-16-18-13(3)10-15(20-16)17-7-8-21-4/h5-6,9-10H,7-8H2,1-4H3,(H2,17,18,19,20). The van der Waals surface area contributed by atoms with Crippen LogP contribution in [0, 0.1) is 20.8 Å². The van der Waals surface area contributed by atoms with Crippen molar-refractivity contribution in [1.29, 1.82) is 0 Å². The normalized spacial score (nSPS) is 10.5. The average Bonchev–Trinajstić information content (AvgIpc) is 2.43. The summed E-state index contributed by atoms with van der Waals surface area (Å²) < 4.78 is 5.03. The van der Waals surface area contributed by atoms with Gasteiger partial charge in [-0.1, -0.05) is 12.1 Å². The van der Waals surface area contributed by atoms with Crippen LogP contribution in [0.1, 0.15) is 16.8 Å². The highest BCUT2D eigenvalue weighted by molar-refractivity contribution is 5.60. The molecule has 0 aliphatic carbocycles. The van der Waals surface area contributed by atoms with Crippen molar-refractivity contribution in [1.82, 2.24) is 9.97 Å². The number of hydrogen-bond donors (Lipinski definition) is 2. The molecule has 1 heterocycles. The van der Waals surface area contributed by atoms with Gasteiger partial charge in [-0.15, -0.1) is 0 Å². The van der Waals surface area contributed by atoms with Crippen molar-refractivity contribution < 1.29 is 4.74 Å². The number of nitrogens with one attached hydrogen (secondary N) is 2. The van der Waals surface area contributed by atoms with Gasteiger partial charge < -0.3 is 15.4 Å². The molecule has 0 aliphatic heterocycles. The SMILES string of the molecule is COCCNc1cc(C)nc(Nc2cc(C)ccc2C)n1. The van der Waals surface area contributed by atoms with Crippen LogP contribution in [0.4, 0.5) is 17.5 Å². The molecule has 0 amide bonds. The van der Waals surface area contributed by atoms with Crippen molar-refractivity contribution in [2.45, 2.75) is 20.8 Å². The van der Waals surface area contributed by atoms with Gasteiger partial charge in [0.25, 0.3) is 0 Å². The second-order valence-corrected chi connectivity index (χ2v) is 5.08. The predicted molar refractivity (Wildman–Crippen MR) is 86.3 cm³/mol. The Kier molecular flexibility index (Phi) is 5.11. The van der Waals surface area contributed by atoms with E-state index in [1.54, 1.807) is 7.11 Å². The molecule has 0 fully saturated rings. The number of methoxy groups -OCH3 is 1. The van der Waals surface area contributed by atoms with E-state index < -0.39 is 0 Å². The topological polar surface area (TPSA) is 59.1 Å². The van der Waals surface area contributed by atoms with Crippen molar-refractivity contribution in [3.05, 3.63) is 41.1 Å². The van der Waals surface area contributed by atoms with Crippen molar-refractivity contribution in [3.8, 4) is 0 Å². The van der Waals surface area contributed by atoms with Gasteiger partial charge in [-0.05, 0) is 38.0 Å². The highest BCUT2D eigenvalue weighted by Crippen LogP contribution is 2.20. The van der Waals surface area contributed by atoms with E-state index in [0.29, 0.717) is 12.6 Å². The van der Waals surface area contributed by atoms with Crippen molar-refractivity contribution in [2.75, 3.05) is 30.9 Å². The minimum absolute atomic E-state index is 0.601. The van der Waals surface area contributed by atoms with Crippen LogP contribution >= 0.6 is 0 Å². The maximum absolute atomic E-state index is 5.03. The molecule has 0 saturated heterocycles. The molecule has 21 heavy (non-hydrogen) atoms. The quantitative estimate of drug-likeness (QED) is 0.799. The number of ether oxygens (including phenoxy) is 1. The van der Waals surface area contributed by atoms with Crippen LogP contribution in [0.25, 0.3) is 0 Å². The first-order chi connectivity index (χ1) is 10.1. The number of hydrogen-bond acceptors (Lipinski definition) is 5. The van der Waals surface area contributed by atoms with Crippen LogP contribution in [0.2, 0.25) is 0 Å². The minimum atomic E-state index is 0.601. The average molecular weight is 286 g/mol. The first-order valence-corrected chi connectivity index (χ1v) is 7.01. The van der Waals surface area contributed by atoms with E-state index in [4.69, 9.17) is 4.74 Å². The van der Waals surface area contributed by atoms with E-state index in [1.165, 1.54) is 11.1 Å². The van der Waals surface area contributed by atoms with Gasteiger partial charge in [-0.3, -0.25) is 0 Å². The third-order valence-electron chi connectivity index (χ3n) is 3.11. The Morgan fingerprint density at radius 1 is 1.10 bits per heavy atom. The fourth-order valence-corrected chi connectivity index (χ4v) is 1.99. The summed E-state index contributed by atoms with van der Waals surface area (Å²) >= 11 is 0. The van der Waals surface area contributed by atoms with Crippen LogP contribution in [0.15, 0.2) is 24.3 Å². The van der Waals surface area contributed by atoms with E-state index in [1.807, 2.05) is 13.0 Å². The van der Waals surface area contributed by atoms with Gasteiger partial charge in [0, 0.05) is 31.1 Å². The zero-order chi connectivity index (χ0) is 15.2. The minimum Gasteiger partial charge on any atom is -0.383 e. The number of aryl methyl sites for hydroxylation is 3. The molecule has 0 aliphatic rings. The molecule has 0 bridgehead atoms. The Labute approximate surface area is 125 Å². The van der Waals surface area contributed by atoms with Crippen molar-refractivity contribution in [2.24, 2.45) is 0 Å². The van der Waals surface area contributed by atoms with Crippen LogP contribution in [0.3, 0.4) is 0 Å². The second kappa shape index (κ2) is 7.04. The molecule has 112 valence electrons. The molecule has 2 rings (SSSR count). The van der Waals surface area contributed by atoms with Gasteiger partial charge in [0.1, 0.15) is 5.82 Å². The molecular weight excluding hydrogens is 264 g/mol. The highest BCUT2D eigenvalue weighted by atomic mass is 16.5. The Bertz CT molecular complexity index is 613. The number of anilines is 3. The summed E-state index contributed by atoms with van der Waals surface area (Å²) in [4.78, 5) is 8.92. The second-order valence-electron chi connectivity index (χ2n) is 5.08. The monoisotopic (exact) mass is 286 g/mol. The van der Waals surface area contributed by atoms with Gasteiger partial charge in [0.05, 0.1) is 6.61 Å². The van der Waals surface area contributed by atoms with E-state index in [-0.39, 0.29) is 0 Å². The summed E-state index contributed by atoms with van der Waals surface area (Å²) in [5, 5.41) is 6.51. The number of rotatable bonds is 6. The zero-order valence-electron chi connectivity index (χ0n) is 13.0. The molecule has 2 aromatic rings. The number of benzene rings is 1. The summed E-state index contributed by atoms with van der Waals surface area (Å²) in [6, 6.07) is 8.20. The van der Waals surface area contributed by atoms with Crippen LogP contribution in [-0.2, 0) is 4.74 Å². The summed E-state index contributed by atoms with van der Waals surface area (Å²) in [5.41, 5.74) is 4.31. The Hall–Kier alpha value is -2.14. The Balaban J connectivity index is 2.17. The lowest BCUT2D eigenvalue weighted by Crippen LogP contribution is -2.10. The van der Waals surface area contributed by atoms with E-state index in [9.17, 15) is 0 Å². The maximum atomic E-state index is 5.03. The molecule has 0 atom stereocenters. The smallest absolute Gasteiger partial charge is 0.229 e. The highest BCUT2D eigenvalue weighted by Gasteiger charge is 2.05. The molecule has 2 N–H and O–H groups in total. The fourth-order valence-electron chi connectivity index (χ4n) is 1.99. The van der Waals surface area contributed by atoms with Crippen LogP contribution in [-0.4, -0.2) is 30.2 Å². The van der Waals surface area contributed by atoms with E-state index >= 15 is 0 Å². The van der Waals surface area contributed by atoms with Crippen molar-refractivity contribution in [3.63, 3.8) is 0 Å². The van der Waals surface area contributed by atoms with E-state index in [2.05, 4.69) is 52.6 Å². The van der Waals surface area contributed by atoms with Gasteiger partial charge in [0.15, 0.2) is 0 Å². The van der Waals surface area contributed by atoms with Gasteiger partial charge in [-0.25, -0.2) is 4.98 Å². The maximum Gasteiger partial charge on any atom is 0.229 e.